The van der Waals surface area contributed by atoms with Crippen LogP contribution in [0.15, 0.2) is 65.1 Å². The Bertz CT molecular complexity index is 1860. The first-order valence-electron chi connectivity index (χ1n) is 24.0. The third-order valence-electron chi connectivity index (χ3n) is 12.8. The number of hydrogen-bond donors (Lipinski definition) is 0. The normalized spacial score (nSPS) is 12.1. The molecule has 0 aliphatic carbocycles. The van der Waals surface area contributed by atoms with Gasteiger partial charge in [0.25, 0.3) is 0 Å². The second-order valence-electron chi connectivity index (χ2n) is 17.5. The number of thiophene rings is 1. The molecule has 0 saturated carbocycles. The van der Waals surface area contributed by atoms with E-state index in [1.54, 1.807) is 0 Å². The van der Waals surface area contributed by atoms with Crippen molar-refractivity contribution in [3.8, 4) is 0 Å². The lowest BCUT2D eigenvalue weighted by Crippen LogP contribution is -1.87. The monoisotopic (exact) mass is 773 g/mol. The molecule has 304 valence electrons. The van der Waals surface area contributed by atoms with Crippen LogP contribution in [0, 0.1) is 0 Å². The van der Waals surface area contributed by atoms with Gasteiger partial charge in [0.1, 0.15) is 11.2 Å². The summed E-state index contributed by atoms with van der Waals surface area (Å²) in [7, 11) is 0. The first kappa shape index (κ1) is 42.8. The Kier molecular flexibility index (Phi) is 18.5. The first-order chi connectivity index (χ1) is 27.8. The zero-order valence-electron chi connectivity index (χ0n) is 35.8. The van der Waals surface area contributed by atoms with Crippen molar-refractivity contribution in [3.63, 3.8) is 0 Å². The number of furan rings is 1. The molecule has 2 heterocycles. The molecule has 4 aromatic carbocycles. The van der Waals surface area contributed by atoms with E-state index < -0.39 is 0 Å². The van der Waals surface area contributed by atoms with Crippen LogP contribution in [0.2, 0.25) is 0 Å². The molecule has 0 radical (unpaired) electrons. The van der Waals surface area contributed by atoms with Gasteiger partial charge in [-0.1, -0.05) is 205 Å². The summed E-state index contributed by atoms with van der Waals surface area (Å²) in [5.74, 6) is 0. The number of rotatable bonds is 30. The Morgan fingerprint density at radius 1 is 0.357 bits per heavy atom. The Morgan fingerprint density at radius 2 is 0.732 bits per heavy atom. The van der Waals surface area contributed by atoms with Crippen molar-refractivity contribution in [3.05, 3.63) is 71.8 Å². The van der Waals surface area contributed by atoms with Crippen LogP contribution in [-0.4, -0.2) is 0 Å². The maximum Gasteiger partial charge on any atom is 0.143 e. The number of hydrogen-bond acceptors (Lipinski definition) is 2. The Hall–Kier alpha value is -2.84. The topological polar surface area (TPSA) is 13.1 Å². The molecule has 0 amide bonds. The molecule has 0 saturated heterocycles. The number of unbranched alkanes of at least 4 members (excludes halogenated alkanes) is 26. The lowest BCUT2D eigenvalue weighted by molar-refractivity contribution is 0.535. The second kappa shape index (κ2) is 24.2. The van der Waals surface area contributed by atoms with Crippen molar-refractivity contribution >= 4 is 64.2 Å². The van der Waals surface area contributed by atoms with Crippen LogP contribution in [0.1, 0.15) is 205 Å². The SMILES string of the molecule is CCCCCCCCCCCCCCCCc1ccc2oc3c(ccc4c3ccc3c5cc(CCCCCCCCCCCCCCCC)ccc5sc34)c2c1. The highest BCUT2D eigenvalue weighted by molar-refractivity contribution is 7.26. The van der Waals surface area contributed by atoms with Crippen LogP contribution in [0.4, 0.5) is 0 Å². The summed E-state index contributed by atoms with van der Waals surface area (Å²) in [5.41, 5.74) is 5.00. The van der Waals surface area contributed by atoms with Crippen LogP contribution in [0.3, 0.4) is 0 Å². The highest BCUT2D eigenvalue weighted by atomic mass is 32.1. The van der Waals surface area contributed by atoms with Gasteiger partial charge in [0.2, 0.25) is 0 Å². The first-order valence-corrected chi connectivity index (χ1v) is 24.8. The molecule has 2 aromatic heterocycles. The van der Waals surface area contributed by atoms with Gasteiger partial charge in [-0.05, 0) is 73.2 Å². The molecule has 0 spiro atoms. The van der Waals surface area contributed by atoms with E-state index in [1.165, 1.54) is 239 Å². The Balaban J connectivity index is 0.945. The van der Waals surface area contributed by atoms with E-state index in [-0.39, 0.29) is 0 Å². The van der Waals surface area contributed by atoms with E-state index in [9.17, 15) is 0 Å². The number of aryl methyl sites for hydroxylation is 2. The van der Waals surface area contributed by atoms with Crippen LogP contribution in [0.25, 0.3) is 52.9 Å². The van der Waals surface area contributed by atoms with Crippen molar-refractivity contribution in [1.82, 2.24) is 0 Å². The maximum absolute atomic E-state index is 6.61. The molecule has 56 heavy (non-hydrogen) atoms. The van der Waals surface area contributed by atoms with Crippen molar-refractivity contribution in [1.29, 1.82) is 0 Å². The van der Waals surface area contributed by atoms with E-state index in [2.05, 4.69) is 74.5 Å². The third-order valence-corrected chi connectivity index (χ3v) is 14.1. The van der Waals surface area contributed by atoms with Crippen molar-refractivity contribution in [2.24, 2.45) is 0 Å². The lowest BCUT2D eigenvalue weighted by Gasteiger charge is -2.04. The summed E-state index contributed by atoms with van der Waals surface area (Å²) >= 11 is 1.95. The minimum absolute atomic E-state index is 1.02. The van der Waals surface area contributed by atoms with E-state index in [0.717, 1.165) is 17.6 Å². The molecule has 0 unspecified atom stereocenters. The maximum atomic E-state index is 6.61. The molecular formula is C54H76OS. The molecule has 0 fully saturated rings. The molecule has 2 heteroatoms. The number of fused-ring (bicyclic) bond motifs is 9. The van der Waals surface area contributed by atoms with Crippen LogP contribution in [0.5, 0.6) is 0 Å². The van der Waals surface area contributed by atoms with Gasteiger partial charge in [-0.2, -0.15) is 0 Å². The van der Waals surface area contributed by atoms with E-state index in [0.29, 0.717) is 0 Å². The van der Waals surface area contributed by atoms with Gasteiger partial charge in [0, 0.05) is 41.7 Å². The zero-order valence-corrected chi connectivity index (χ0v) is 36.6. The summed E-state index contributed by atoms with van der Waals surface area (Å²) in [6, 6.07) is 23.6. The molecule has 0 aliphatic heterocycles. The average molecular weight is 773 g/mol. The van der Waals surface area contributed by atoms with Gasteiger partial charge in [0.15, 0.2) is 0 Å². The van der Waals surface area contributed by atoms with Gasteiger partial charge in [-0.3, -0.25) is 0 Å². The summed E-state index contributed by atoms with van der Waals surface area (Å²) in [4.78, 5) is 0. The van der Waals surface area contributed by atoms with Gasteiger partial charge in [-0.15, -0.1) is 11.3 Å². The van der Waals surface area contributed by atoms with Crippen LogP contribution >= 0.6 is 11.3 Å². The zero-order chi connectivity index (χ0) is 38.6. The summed E-state index contributed by atoms with van der Waals surface area (Å²) in [6.07, 6.45) is 41.9. The molecular weight excluding hydrogens is 697 g/mol. The standard InChI is InChI=1S/C54H76OS/c1-3-5-7-9-11-13-15-17-19-21-23-25-27-29-31-43-33-39-51-49(41-43)46-36-37-47-45(53(46)55-51)35-38-48-50-42-44(34-40-52(50)56-54(47)48)32-30-28-26-24-22-20-18-16-14-12-10-8-6-4-2/h33-42H,3-32H2,1-2H3. The average Bonchev–Trinajstić information content (AvgIpc) is 3.79. The largest absolute Gasteiger partial charge is 0.455 e. The van der Waals surface area contributed by atoms with E-state index in [4.69, 9.17) is 4.42 Å². The highest BCUT2D eigenvalue weighted by Crippen LogP contribution is 2.42. The molecule has 1 nitrogen and oxygen atoms in total. The molecule has 0 bridgehead atoms. The summed E-state index contributed by atoms with van der Waals surface area (Å²) in [5, 5.41) is 7.92. The van der Waals surface area contributed by atoms with Crippen LogP contribution < -0.4 is 0 Å². The lowest BCUT2D eigenvalue weighted by atomic mass is 10.00. The summed E-state index contributed by atoms with van der Waals surface area (Å²) < 4.78 is 9.40. The molecule has 6 rings (SSSR count). The predicted octanol–water partition coefficient (Wildman–Crippen LogP) is 19.2. The van der Waals surface area contributed by atoms with Crippen molar-refractivity contribution in [2.75, 3.05) is 0 Å². The van der Waals surface area contributed by atoms with Gasteiger partial charge < -0.3 is 4.42 Å². The Morgan fingerprint density at radius 3 is 1.21 bits per heavy atom. The second-order valence-corrected chi connectivity index (χ2v) is 18.6. The smallest absolute Gasteiger partial charge is 0.143 e. The fourth-order valence-electron chi connectivity index (χ4n) is 9.33. The van der Waals surface area contributed by atoms with Crippen LogP contribution in [-0.2, 0) is 12.8 Å². The van der Waals surface area contributed by atoms with E-state index >= 15 is 0 Å². The fourth-order valence-corrected chi connectivity index (χ4v) is 10.5. The van der Waals surface area contributed by atoms with Crippen molar-refractivity contribution < 1.29 is 4.42 Å². The quantitative estimate of drug-likeness (QED) is 0.0416. The van der Waals surface area contributed by atoms with E-state index in [1.807, 2.05) is 11.3 Å². The van der Waals surface area contributed by atoms with Gasteiger partial charge in [0.05, 0.1) is 0 Å². The van der Waals surface area contributed by atoms with Gasteiger partial charge in [-0.25, -0.2) is 0 Å². The highest BCUT2D eigenvalue weighted by Gasteiger charge is 2.15. The van der Waals surface area contributed by atoms with Gasteiger partial charge >= 0.3 is 0 Å². The van der Waals surface area contributed by atoms with Crippen molar-refractivity contribution in [2.45, 2.75) is 206 Å². The third kappa shape index (κ3) is 12.6. The molecule has 6 aromatic rings. The number of benzene rings is 4. The molecule has 0 aliphatic rings. The predicted molar refractivity (Wildman–Crippen MR) is 252 cm³/mol. The molecule has 0 N–H and O–H groups in total. The Labute approximate surface area is 345 Å². The summed E-state index contributed by atoms with van der Waals surface area (Å²) in [6.45, 7) is 4.61. The fraction of sp³-hybridized carbons (Fsp3) is 0.593. The molecule has 0 atom stereocenters. The minimum Gasteiger partial charge on any atom is -0.455 e. The minimum atomic E-state index is 1.02.